The van der Waals surface area contributed by atoms with E-state index in [9.17, 15) is 15.0 Å². The fourth-order valence-corrected chi connectivity index (χ4v) is 1.69. The van der Waals surface area contributed by atoms with Crippen LogP contribution in [-0.4, -0.2) is 51.1 Å². The van der Waals surface area contributed by atoms with Crippen LogP contribution in [0.5, 0.6) is 0 Å². The Hall–Kier alpha value is -0.200. The van der Waals surface area contributed by atoms with Crippen molar-refractivity contribution in [3.8, 4) is 0 Å². The van der Waals surface area contributed by atoms with Gasteiger partial charge in [0.25, 0.3) is 5.24 Å². The van der Waals surface area contributed by atoms with Crippen molar-refractivity contribution in [2.45, 2.75) is 24.2 Å². The molecule has 1 heterocycles. The lowest BCUT2D eigenvalue weighted by atomic mass is 9.84. The van der Waals surface area contributed by atoms with E-state index in [1.165, 1.54) is 6.92 Å². The number of aliphatic hydroxyl groups excluding tert-OH is 1. The van der Waals surface area contributed by atoms with Crippen molar-refractivity contribution >= 4 is 16.8 Å². The lowest BCUT2D eigenvalue weighted by molar-refractivity contribution is -0.158. The third-order valence-corrected chi connectivity index (χ3v) is 2.61. The molecule has 0 bridgehead atoms. The number of rotatable bonds is 2. The lowest BCUT2D eigenvalue weighted by Crippen LogP contribution is -2.59. The van der Waals surface area contributed by atoms with Gasteiger partial charge in [0.1, 0.15) is 11.7 Å². The molecule has 5 nitrogen and oxygen atoms in total. The number of hydrogen-bond acceptors (Lipinski definition) is 5. The zero-order valence-electron chi connectivity index (χ0n) is 7.03. The van der Waals surface area contributed by atoms with E-state index in [0.29, 0.717) is 0 Å². The second-order valence-electron chi connectivity index (χ2n) is 3.30. The summed E-state index contributed by atoms with van der Waals surface area (Å²) in [5, 5.41) is 27.0. The van der Waals surface area contributed by atoms with Crippen LogP contribution >= 0.6 is 11.6 Å². The Morgan fingerprint density at radius 3 is 2.54 bits per heavy atom. The molecule has 0 saturated carbocycles. The first-order valence-electron chi connectivity index (χ1n) is 3.73. The summed E-state index contributed by atoms with van der Waals surface area (Å²) in [7, 11) is 0. The fraction of sp³-hybridized carbons (Fsp3) is 0.857. The Morgan fingerprint density at radius 2 is 2.23 bits per heavy atom. The van der Waals surface area contributed by atoms with Gasteiger partial charge in [0, 0.05) is 0 Å². The minimum Gasteiger partial charge on any atom is -0.394 e. The summed E-state index contributed by atoms with van der Waals surface area (Å²) < 4.78 is 4.84. The first kappa shape index (κ1) is 10.9. The van der Waals surface area contributed by atoms with Crippen molar-refractivity contribution in [2.24, 2.45) is 0 Å². The summed E-state index contributed by atoms with van der Waals surface area (Å²) in [4.78, 5) is 10.9. The van der Waals surface area contributed by atoms with Crippen molar-refractivity contribution in [2.75, 3.05) is 13.2 Å². The highest BCUT2D eigenvalue weighted by Gasteiger charge is 2.62. The van der Waals surface area contributed by atoms with Crippen molar-refractivity contribution < 1.29 is 24.9 Å². The second-order valence-corrected chi connectivity index (χ2v) is 3.64. The van der Waals surface area contributed by atoms with Crippen LogP contribution in [0.1, 0.15) is 6.92 Å². The average Bonchev–Trinajstić information content (AvgIpc) is 2.25. The molecule has 1 saturated heterocycles. The molecule has 0 spiro atoms. The van der Waals surface area contributed by atoms with E-state index in [-0.39, 0.29) is 6.61 Å². The minimum atomic E-state index is -2.23. The predicted octanol–water partition coefficient (Wildman–Crippen LogP) is -1.38. The number of carbonyl (C=O) groups excluding carboxylic acids is 1. The quantitative estimate of drug-likeness (QED) is 0.490. The van der Waals surface area contributed by atoms with E-state index in [1.54, 1.807) is 0 Å². The van der Waals surface area contributed by atoms with Gasteiger partial charge in [0.05, 0.1) is 13.2 Å². The predicted molar refractivity (Wildman–Crippen MR) is 43.3 cm³/mol. The molecule has 3 atom stereocenters. The van der Waals surface area contributed by atoms with Crippen molar-refractivity contribution in [1.29, 1.82) is 0 Å². The number of ether oxygens (including phenoxy) is 1. The molecule has 0 aliphatic carbocycles. The maximum atomic E-state index is 10.9. The van der Waals surface area contributed by atoms with Crippen LogP contribution in [0.4, 0.5) is 0 Å². The van der Waals surface area contributed by atoms with Crippen molar-refractivity contribution in [3.63, 3.8) is 0 Å². The monoisotopic (exact) mass is 210 g/mol. The fourth-order valence-electron chi connectivity index (χ4n) is 1.36. The SMILES string of the molecule is C[C@]1(O)CO[C@H](CO)[C@]1(O)C(=O)Cl. The first-order valence-corrected chi connectivity index (χ1v) is 4.11. The molecule has 3 N–H and O–H groups in total. The Labute approximate surface area is 79.9 Å². The van der Waals surface area contributed by atoms with Gasteiger partial charge in [-0.2, -0.15) is 0 Å². The maximum Gasteiger partial charge on any atom is 0.259 e. The van der Waals surface area contributed by atoms with Gasteiger partial charge in [-0.25, -0.2) is 0 Å². The largest absolute Gasteiger partial charge is 0.394 e. The Balaban J connectivity index is 3.05. The van der Waals surface area contributed by atoms with E-state index in [1.807, 2.05) is 0 Å². The van der Waals surface area contributed by atoms with Crippen LogP contribution in [0.25, 0.3) is 0 Å². The molecule has 0 aromatic heterocycles. The highest BCUT2D eigenvalue weighted by atomic mass is 35.5. The van der Waals surface area contributed by atoms with E-state index in [4.69, 9.17) is 21.4 Å². The normalized spacial score (nSPS) is 45.2. The molecule has 13 heavy (non-hydrogen) atoms. The van der Waals surface area contributed by atoms with Gasteiger partial charge in [-0.05, 0) is 18.5 Å². The molecule has 0 amide bonds. The third kappa shape index (κ3) is 1.37. The highest BCUT2D eigenvalue weighted by molar-refractivity contribution is 6.65. The van der Waals surface area contributed by atoms with Gasteiger partial charge in [0.2, 0.25) is 0 Å². The number of hydrogen-bond donors (Lipinski definition) is 3. The number of halogens is 1. The van der Waals surface area contributed by atoms with E-state index >= 15 is 0 Å². The smallest absolute Gasteiger partial charge is 0.259 e. The van der Waals surface area contributed by atoms with Gasteiger partial charge in [-0.1, -0.05) is 0 Å². The van der Waals surface area contributed by atoms with E-state index < -0.39 is 29.2 Å². The standard InChI is InChI=1S/C7H11ClO5/c1-6(11)3-13-4(2-9)7(6,12)5(8)10/h4,9,11-12H,2-3H2,1H3/t4-,6+,7+/m1/s1. The summed E-state index contributed by atoms with van der Waals surface area (Å²) in [5.74, 6) is 0. The Bertz CT molecular complexity index is 229. The second kappa shape index (κ2) is 3.18. The molecule has 1 aliphatic rings. The summed E-state index contributed by atoms with van der Waals surface area (Å²) in [5.41, 5.74) is -4.00. The number of aliphatic hydroxyl groups is 3. The van der Waals surface area contributed by atoms with Crippen LogP contribution < -0.4 is 0 Å². The molecule has 0 radical (unpaired) electrons. The van der Waals surface area contributed by atoms with Gasteiger partial charge in [0.15, 0.2) is 5.60 Å². The van der Waals surface area contributed by atoms with Crippen LogP contribution in [0.2, 0.25) is 0 Å². The molecule has 1 aliphatic heterocycles. The van der Waals surface area contributed by atoms with Crippen molar-refractivity contribution in [1.82, 2.24) is 0 Å². The van der Waals surface area contributed by atoms with Crippen LogP contribution in [0, 0.1) is 0 Å². The summed E-state index contributed by atoms with van der Waals surface area (Å²) in [6.07, 6.45) is -1.17. The topological polar surface area (TPSA) is 87.0 Å². The molecular weight excluding hydrogens is 200 g/mol. The summed E-state index contributed by atoms with van der Waals surface area (Å²) in [6, 6.07) is 0. The Morgan fingerprint density at radius 1 is 1.69 bits per heavy atom. The van der Waals surface area contributed by atoms with E-state index in [0.717, 1.165) is 0 Å². The average molecular weight is 211 g/mol. The third-order valence-electron chi connectivity index (χ3n) is 2.32. The molecule has 1 fully saturated rings. The van der Waals surface area contributed by atoms with Gasteiger partial charge in [-0.3, -0.25) is 4.79 Å². The number of carbonyl (C=O) groups is 1. The van der Waals surface area contributed by atoms with Gasteiger partial charge >= 0.3 is 0 Å². The Kier molecular flexibility index (Phi) is 2.66. The molecule has 6 heteroatoms. The van der Waals surface area contributed by atoms with E-state index in [2.05, 4.69) is 0 Å². The van der Waals surface area contributed by atoms with Crippen LogP contribution in [-0.2, 0) is 9.53 Å². The van der Waals surface area contributed by atoms with Gasteiger partial charge < -0.3 is 20.1 Å². The lowest BCUT2D eigenvalue weighted by Gasteiger charge is -2.32. The minimum absolute atomic E-state index is 0.243. The molecule has 0 aromatic carbocycles. The van der Waals surface area contributed by atoms with Crippen LogP contribution in [0.3, 0.4) is 0 Å². The zero-order valence-corrected chi connectivity index (χ0v) is 7.78. The molecular formula is C7H11ClO5. The zero-order chi connectivity index (χ0) is 10.3. The summed E-state index contributed by atoms with van der Waals surface area (Å²) in [6.45, 7) is 0.404. The molecule has 0 unspecified atom stereocenters. The maximum absolute atomic E-state index is 10.9. The summed E-state index contributed by atoms with van der Waals surface area (Å²) >= 11 is 5.14. The van der Waals surface area contributed by atoms with Gasteiger partial charge in [-0.15, -0.1) is 0 Å². The molecule has 0 aromatic rings. The molecule has 1 rings (SSSR count). The first-order chi connectivity index (χ1) is 5.86. The van der Waals surface area contributed by atoms with Crippen molar-refractivity contribution in [3.05, 3.63) is 0 Å². The molecule has 76 valence electrons. The highest BCUT2D eigenvalue weighted by Crippen LogP contribution is 2.36. The van der Waals surface area contributed by atoms with Crippen LogP contribution in [0.15, 0.2) is 0 Å².